The maximum absolute atomic E-state index is 9.12. The molecule has 3 nitrogen and oxygen atoms in total. The van der Waals surface area contributed by atoms with Crippen LogP contribution in [-0.2, 0) is 0 Å². The van der Waals surface area contributed by atoms with Crippen LogP contribution < -0.4 is 0 Å². The van der Waals surface area contributed by atoms with Gasteiger partial charge >= 0.3 is 0 Å². The molecule has 0 amide bonds. The van der Waals surface area contributed by atoms with Gasteiger partial charge in [-0.1, -0.05) is 85.0 Å². The zero-order valence-electron chi connectivity index (χ0n) is 15.1. The maximum atomic E-state index is 9.12. The molecular weight excluding hydrogens is 294 g/mol. The third-order valence-corrected chi connectivity index (χ3v) is 5.64. The second-order valence-corrected chi connectivity index (χ2v) is 7.62. The van der Waals surface area contributed by atoms with Crippen molar-refractivity contribution in [2.24, 2.45) is 5.41 Å². The molecule has 22 heavy (non-hydrogen) atoms. The Bertz CT molecular complexity index is 227. The van der Waals surface area contributed by atoms with Crippen LogP contribution in [0.25, 0.3) is 0 Å². The van der Waals surface area contributed by atoms with Gasteiger partial charge in [-0.3, -0.25) is 10.4 Å². The molecule has 0 aliphatic rings. The van der Waals surface area contributed by atoms with E-state index in [9.17, 15) is 0 Å². The van der Waals surface area contributed by atoms with Gasteiger partial charge in [-0.25, -0.2) is 0 Å². The number of hydrogen-bond acceptors (Lipinski definition) is 4. The predicted molar refractivity (Wildman–Crippen MR) is 97.3 cm³/mol. The zero-order valence-corrected chi connectivity index (χ0v) is 16.0. The van der Waals surface area contributed by atoms with Crippen LogP contribution in [0.3, 0.4) is 0 Å². The maximum Gasteiger partial charge on any atom is 0.0183 e. The summed E-state index contributed by atoms with van der Waals surface area (Å²) in [6.45, 7) is 6.75. The summed E-state index contributed by atoms with van der Waals surface area (Å²) in [5, 5.41) is 18.2. The minimum Gasteiger partial charge on any atom is -0.280 e. The molecule has 0 aromatic heterocycles. The van der Waals surface area contributed by atoms with Crippen LogP contribution in [0.2, 0.25) is 0 Å². The van der Waals surface area contributed by atoms with Crippen molar-refractivity contribution in [2.75, 3.05) is 5.75 Å². The first-order valence-electron chi connectivity index (χ1n) is 9.41. The Morgan fingerprint density at radius 3 is 1.50 bits per heavy atom. The van der Waals surface area contributed by atoms with E-state index in [1.54, 1.807) is 0 Å². The third kappa shape index (κ3) is 11.8. The van der Waals surface area contributed by atoms with Crippen molar-refractivity contribution in [3.05, 3.63) is 0 Å². The summed E-state index contributed by atoms with van der Waals surface area (Å²) in [6.07, 6.45) is 16.5. The molecule has 0 radical (unpaired) electrons. The van der Waals surface area contributed by atoms with E-state index >= 15 is 0 Å². The predicted octanol–water partition coefficient (Wildman–Crippen LogP) is 6.83. The normalized spacial score (nSPS) is 12.3. The number of nitrogens with zero attached hydrogens (tertiary/aromatic N) is 1. The molecule has 0 rings (SSSR count). The summed E-state index contributed by atoms with van der Waals surface area (Å²) in [5.74, 6) is 0.833. The summed E-state index contributed by atoms with van der Waals surface area (Å²) >= 11 is 1.16. The lowest BCUT2D eigenvalue weighted by atomic mass is 9.75. The average Bonchev–Trinajstić information content (AvgIpc) is 2.50. The van der Waals surface area contributed by atoms with Gasteiger partial charge < -0.3 is 0 Å². The van der Waals surface area contributed by atoms with E-state index in [2.05, 4.69) is 20.8 Å². The molecular formula is C18H39NO2S. The SMILES string of the molecule is CCCCCCC(CCCCC)(CCCCC)CSN(O)O. The highest BCUT2D eigenvalue weighted by molar-refractivity contribution is 7.96. The van der Waals surface area contributed by atoms with E-state index in [0.717, 1.165) is 17.7 Å². The molecule has 0 aromatic rings. The van der Waals surface area contributed by atoms with Crippen molar-refractivity contribution in [2.45, 2.75) is 104 Å². The van der Waals surface area contributed by atoms with E-state index in [-0.39, 0.29) is 5.41 Å². The van der Waals surface area contributed by atoms with Crippen LogP contribution in [0, 0.1) is 5.41 Å². The lowest BCUT2D eigenvalue weighted by Crippen LogP contribution is -2.26. The summed E-state index contributed by atoms with van der Waals surface area (Å²) < 4.78 is 0.306. The van der Waals surface area contributed by atoms with Crippen molar-refractivity contribution in [1.29, 1.82) is 0 Å². The van der Waals surface area contributed by atoms with Crippen LogP contribution in [-0.4, -0.2) is 20.8 Å². The molecule has 0 atom stereocenters. The van der Waals surface area contributed by atoms with Crippen LogP contribution >= 0.6 is 11.9 Å². The molecule has 0 bridgehead atoms. The van der Waals surface area contributed by atoms with Gasteiger partial charge in [0.05, 0.1) is 0 Å². The molecule has 0 aliphatic carbocycles. The van der Waals surface area contributed by atoms with E-state index in [1.807, 2.05) is 0 Å². The summed E-state index contributed by atoms with van der Waals surface area (Å²) in [7, 11) is 0. The Morgan fingerprint density at radius 1 is 0.682 bits per heavy atom. The zero-order chi connectivity index (χ0) is 16.7. The molecule has 0 saturated heterocycles. The highest BCUT2D eigenvalue weighted by atomic mass is 32.2. The van der Waals surface area contributed by atoms with E-state index in [1.165, 1.54) is 83.5 Å². The highest BCUT2D eigenvalue weighted by Crippen LogP contribution is 2.40. The molecule has 0 heterocycles. The van der Waals surface area contributed by atoms with Gasteiger partial charge in [-0.15, -0.1) is 0 Å². The molecule has 0 saturated carbocycles. The Kier molecular flexibility index (Phi) is 15.0. The molecule has 134 valence electrons. The van der Waals surface area contributed by atoms with Crippen molar-refractivity contribution < 1.29 is 10.4 Å². The second-order valence-electron chi connectivity index (χ2n) is 6.75. The molecule has 0 fully saturated rings. The van der Waals surface area contributed by atoms with Gasteiger partial charge in [0.1, 0.15) is 0 Å². The quantitative estimate of drug-likeness (QED) is 0.184. The number of unbranched alkanes of at least 4 members (excludes halogenated alkanes) is 7. The smallest absolute Gasteiger partial charge is 0.0183 e. The lowest BCUT2D eigenvalue weighted by Gasteiger charge is -2.34. The molecule has 0 spiro atoms. The fourth-order valence-electron chi connectivity index (χ4n) is 3.21. The third-order valence-electron chi connectivity index (χ3n) is 4.67. The van der Waals surface area contributed by atoms with Crippen molar-refractivity contribution in [3.63, 3.8) is 0 Å². The van der Waals surface area contributed by atoms with Gasteiger partial charge in [0.2, 0.25) is 0 Å². The molecule has 0 aliphatic heterocycles. The van der Waals surface area contributed by atoms with E-state index < -0.39 is 0 Å². The molecule has 0 aromatic carbocycles. The number of hydrogen-bond donors (Lipinski definition) is 2. The first kappa shape index (κ1) is 22.2. The van der Waals surface area contributed by atoms with E-state index in [0.29, 0.717) is 4.63 Å². The van der Waals surface area contributed by atoms with Gasteiger partial charge in [-0.2, -0.15) is 0 Å². The average molecular weight is 334 g/mol. The number of rotatable bonds is 16. The lowest BCUT2D eigenvalue weighted by molar-refractivity contribution is -0.217. The monoisotopic (exact) mass is 333 g/mol. The largest absolute Gasteiger partial charge is 0.280 e. The minimum absolute atomic E-state index is 0.284. The van der Waals surface area contributed by atoms with Crippen LogP contribution in [0.4, 0.5) is 0 Å². The molecule has 4 heteroatoms. The van der Waals surface area contributed by atoms with Gasteiger partial charge in [-0.05, 0) is 41.3 Å². The van der Waals surface area contributed by atoms with Crippen LogP contribution in [0.5, 0.6) is 0 Å². The van der Waals surface area contributed by atoms with Crippen molar-refractivity contribution in [3.8, 4) is 0 Å². The van der Waals surface area contributed by atoms with Gasteiger partial charge in [0.25, 0.3) is 0 Å². The van der Waals surface area contributed by atoms with Crippen molar-refractivity contribution >= 4 is 11.9 Å². The second kappa shape index (κ2) is 14.8. The Balaban J connectivity index is 4.61. The topological polar surface area (TPSA) is 43.7 Å². The highest BCUT2D eigenvalue weighted by Gasteiger charge is 2.29. The fraction of sp³-hybridized carbons (Fsp3) is 1.00. The van der Waals surface area contributed by atoms with Gasteiger partial charge in [0, 0.05) is 5.75 Å². The van der Waals surface area contributed by atoms with Crippen LogP contribution in [0.15, 0.2) is 0 Å². The standard InChI is InChI=1S/C18H39NO2S/c1-4-7-10-13-16-18(14-11-8-5-2,15-12-9-6-3)17-22-19(20)21/h20-21H,4-17H2,1-3H3. The minimum atomic E-state index is 0.284. The first-order valence-corrected chi connectivity index (χ1v) is 10.3. The van der Waals surface area contributed by atoms with Crippen LogP contribution in [0.1, 0.15) is 104 Å². The fourth-order valence-corrected chi connectivity index (χ4v) is 4.04. The molecule has 0 unspecified atom stereocenters. The Labute approximate surface area is 142 Å². The molecule has 2 N–H and O–H groups in total. The summed E-state index contributed by atoms with van der Waals surface area (Å²) in [4.78, 5) is 0. The summed E-state index contributed by atoms with van der Waals surface area (Å²) in [5.41, 5.74) is 0.284. The van der Waals surface area contributed by atoms with Gasteiger partial charge in [0.15, 0.2) is 0 Å². The Hall–Kier alpha value is 0.230. The van der Waals surface area contributed by atoms with Crippen molar-refractivity contribution in [1.82, 2.24) is 4.63 Å². The first-order chi connectivity index (χ1) is 10.6. The Morgan fingerprint density at radius 2 is 1.09 bits per heavy atom. The van der Waals surface area contributed by atoms with E-state index in [4.69, 9.17) is 10.4 Å². The summed E-state index contributed by atoms with van der Waals surface area (Å²) in [6, 6.07) is 0.